The van der Waals surface area contributed by atoms with Gasteiger partial charge in [-0.3, -0.25) is 9.78 Å². The minimum Gasteiger partial charge on any atom is -0.478 e. The van der Waals surface area contributed by atoms with Crippen molar-refractivity contribution < 1.29 is 14.7 Å². The van der Waals surface area contributed by atoms with Crippen molar-refractivity contribution >= 4 is 11.9 Å². The van der Waals surface area contributed by atoms with E-state index in [1.807, 2.05) is 20.8 Å². The van der Waals surface area contributed by atoms with Gasteiger partial charge in [0.1, 0.15) is 5.69 Å². The van der Waals surface area contributed by atoms with Crippen molar-refractivity contribution in [1.82, 2.24) is 10.3 Å². The first-order valence-electron chi connectivity index (χ1n) is 6.50. The summed E-state index contributed by atoms with van der Waals surface area (Å²) in [6, 6.07) is 2.82. The summed E-state index contributed by atoms with van der Waals surface area (Å²) in [4.78, 5) is 26.7. The first-order valence-corrected chi connectivity index (χ1v) is 6.50. The van der Waals surface area contributed by atoms with Crippen molar-refractivity contribution in [3.05, 3.63) is 29.6 Å². The zero-order valence-corrected chi connectivity index (χ0v) is 11.6. The van der Waals surface area contributed by atoms with Crippen molar-refractivity contribution in [3.8, 4) is 0 Å². The Bertz CT molecular complexity index is 442. The van der Waals surface area contributed by atoms with Crippen molar-refractivity contribution in [3.63, 3.8) is 0 Å². The maximum Gasteiger partial charge on any atom is 0.337 e. The van der Waals surface area contributed by atoms with E-state index in [0.29, 0.717) is 0 Å². The van der Waals surface area contributed by atoms with Crippen LogP contribution in [0.1, 0.15) is 60.9 Å². The second kappa shape index (κ2) is 6.31. The third-order valence-corrected chi connectivity index (χ3v) is 3.65. The molecule has 19 heavy (non-hydrogen) atoms. The van der Waals surface area contributed by atoms with E-state index in [1.165, 1.54) is 18.3 Å². The molecule has 0 spiro atoms. The predicted octanol–water partition coefficient (Wildman–Crippen LogP) is 2.48. The van der Waals surface area contributed by atoms with Crippen molar-refractivity contribution in [2.45, 2.75) is 45.6 Å². The fourth-order valence-electron chi connectivity index (χ4n) is 1.97. The molecule has 0 radical (unpaired) electrons. The number of nitrogens with zero attached hydrogens (tertiary/aromatic N) is 1. The smallest absolute Gasteiger partial charge is 0.337 e. The number of hydrogen-bond acceptors (Lipinski definition) is 3. The summed E-state index contributed by atoms with van der Waals surface area (Å²) in [7, 11) is 0. The molecule has 0 saturated heterocycles. The molecule has 0 fully saturated rings. The van der Waals surface area contributed by atoms with Crippen LogP contribution in [0.5, 0.6) is 0 Å². The summed E-state index contributed by atoms with van der Waals surface area (Å²) >= 11 is 0. The monoisotopic (exact) mass is 264 g/mol. The van der Waals surface area contributed by atoms with Gasteiger partial charge in [0.25, 0.3) is 5.91 Å². The van der Waals surface area contributed by atoms with Crippen LogP contribution in [0.25, 0.3) is 0 Å². The highest BCUT2D eigenvalue weighted by molar-refractivity contribution is 5.94. The number of carbonyl (C=O) groups is 2. The number of aromatic carboxylic acids is 1. The first kappa shape index (κ1) is 15.1. The Morgan fingerprint density at radius 3 is 2.16 bits per heavy atom. The average Bonchev–Trinajstić information content (AvgIpc) is 2.45. The Morgan fingerprint density at radius 2 is 1.79 bits per heavy atom. The molecule has 0 atom stereocenters. The minimum atomic E-state index is -1.05. The van der Waals surface area contributed by atoms with E-state index in [9.17, 15) is 9.59 Å². The molecule has 0 saturated carbocycles. The molecule has 2 N–H and O–H groups in total. The molecule has 1 rings (SSSR count). The van der Waals surface area contributed by atoms with Gasteiger partial charge in [0.05, 0.1) is 5.56 Å². The SMILES string of the molecule is CCC(CC)(CC)NC(=O)c1ccc(C(=O)O)cn1. The number of carbonyl (C=O) groups excluding carboxylic acids is 1. The molecule has 1 aromatic rings. The molecule has 0 bridgehead atoms. The van der Waals surface area contributed by atoms with E-state index in [-0.39, 0.29) is 22.7 Å². The number of aromatic nitrogens is 1. The van der Waals surface area contributed by atoms with Gasteiger partial charge in [0, 0.05) is 11.7 Å². The first-order chi connectivity index (χ1) is 8.98. The van der Waals surface area contributed by atoms with Crippen LogP contribution in [-0.4, -0.2) is 27.5 Å². The molecular formula is C14H20N2O3. The predicted molar refractivity (Wildman–Crippen MR) is 72.3 cm³/mol. The summed E-state index contributed by atoms with van der Waals surface area (Å²) < 4.78 is 0. The van der Waals surface area contributed by atoms with Gasteiger partial charge in [-0.15, -0.1) is 0 Å². The van der Waals surface area contributed by atoms with Gasteiger partial charge in [-0.25, -0.2) is 4.79 Å². The lowest BCUT2D eigenvalue weighted by Crippen LogP contribution is -2.47. The normalized spacial score (nSPS) is 11.1. The molecule has 0 aromatic carbocycles. The lowest BCUT2D eigenvalue weighted by atomic mass is 9.89. The second-order valence-electron chi connectivity index (χ2n) is 4.53. The Kier molecular flexibility index (Phi) is 5.03. The van der Waals surface area contributed by atoms with E-state index < -0.39 is 5.97 Å². The molecule has 5 heteroatoms. The molecule has 5 nitrogen and oxygen atoms in total. The van der Waals surface area contributed by atoms with Crippen molar-refractivity contribution in [1.29, 1.82) is 0 Å². The van der Waals surface area contributed by atoms with Crippen LogP contribution in [0.4, 0.5) is 0 Å². The van der Waals surface area contributed by atoms with Crippen LogP contribution < -0.4 is 5.32 Å². The highest BCUT2D eigenvalue weighted by atomic mass is 16.4. The average molecular weight is 264 g/mol. The Hall–Kier alpha value is -1.91. The highest BCUT2D eigenvalue weighted by Gasteiger charge is 2.26. The number of amides is 1. The van der Waals surface area contributed by atoms with Gasteiger partial charge in [0.15, 0.2) is 0 Å². The van der Waals surface area contributed by atoms with Gasteiger partial charge < -0.3 is 10.4 Å². The Labute approximate surface area is 113 Å². The molecule has 104 valence electrons. The van der Waals surface area contributed by atoms with Crippen LogP contribution in [-0.2, 0) is 0 Å². The quantitative estimate of drug-likeness (QED) is 0.827. The molecule has 0 aliphatic rings. The fraction of sp³-hybridized carbons (Fsp3) is 0.500. The van der Waals surface area contributed by atoms with E-state index in [2.05, 4.69) is 10.3 Å². The topological polar surface area (TPSA) is 79.3 Å². The van der Waals surface area contributed by atoms with Crippen molar-refractivity contribution in [2.24, 2.45) is 0 Å². The van der Waals surface area contributed by atoms with E-state index in [4.69, 9.17) is 5.11 Å². The molecule has 1 heterocycles. The zero-order valence-electron chi connectivity index (χ0n) is 11.6. The van der Waals surface area contributed by atoms with Crippen molar-refractivity contribution in [2.75, 3.05) is 0 Å². The van der Waals surface area contributed by atoms with E-state index >= 15 is 0 Å². The molecule has 0 aliphatic heterocycles. The minimum absolute atomic E-state index is 0.0734. The number of carboxylic acid groups (broad SMARTS) is 1. The third-order valence-electron chi connectivity index (χ3n) is 3.65. The molecule has 1 amide bonds. The Morgan fingerprint density at radius 1 is 1.21 bits per heavy atom. The number of nitrogens with one attached hydrogen (secondary N) is 1. The number of pyridine rings is 1. The zero-order chi connectivity index (χ0) is 14.5. The lowest BCUT2D eigenvalue weighted by molar-refractivity contribution is 0.0695. The van der Waals surface area contributed by atoms with Gasteiger partial charge in [-0.2, -0.15) is 0 Å². The van der Waals surface area contributed by atoms with E-state index in [0.717, 1.165) is 19.3 Å². The standard InChI is InChI=1S/C14H20N2O3/c1-4-14(5-2,6-3)16-12(17)11-8-7-10(9-15-11)13(18)19/h7-9H,4-6H2,1-3H3,(H,16,17)(H,18,19). The van der Waals surface area contributed by atoms with Crippen LogP contribution in [0.2, 0.25) is 0 Å². The van der Waals surface area contributed by atoms with E-state index in [1.54, 1.807) is 0 Å². The largest absolute Gasteiger partial charge is 0.478 e. The second-order valence-corrected chi connectivity index (χ2v) is 4.53. The number of hydrogen-bond donors (Lipinski definition) is 2. The summed E-state index contributed by atoms with van der Waals surface area (Å²) in [5, 5.41) is 11.8. The highest BCUT2D eigenvalue weighted by Crippen LogP contribution is 2.19. The number of rotatable bonds is 6. The fourth-order valence-corrected chi connectivity index (χ4v) is 1.97. The molecular weight excluding hydrogens is 244 g/mol. The summed E-state index contributed by atoms with van der Waals surface area (Å²) in [5.74, 6) is -1.31. The van der Waals surface area contributed by atoms with Gasteiger partial charge in [-0.05, 0) is 31.4 Å². The van der Waals surface area contributed by atoms with Crippen LogP contribution in [0, 0.1) is 0 Å². The van der Waals surface area contributed by atoms with Gasteiger partial charge >= 0.3 is 5.97 Å². The van der Waals surface area contributed by atoms with Crippen LogP contribution in [0.3, 0.4) is 0 Å². The maximum absolute atomic E-state index is 12.1. The Balaban J connectivity index is 2.86. The summed E-state index contributed by atoms with van der Waals surface area (Å²) in [6.45, 7) is 6.11. The van der Waals surface area contributed by atoms with Crippen LogP contribution in [0.15, 0.2) is 18.3 Å². The summed E-state index contributed by atoms with van der Waals surface area (Å²) in [6.07, 6.45) is 3.74. The number of carboxylic acids is 1. The summed E-state index contributed by atoms with van der Waals surface area (Å²) in [5.41, 5.74) is 0.0959. The lowest BCUT2D eigenvalue weighted by Gasteiger charge is -2.31. The van der Waals surface area contributed by atoms with Gasteiger partial charge in [-0.1, -0.05) is 20.8 Å². The molecule has 0 aliphatic carbocycles. The molecule has 1 aromatic heterocycles. The van der Waals surface area contributed by atoms with Crippen LogP contribution >= 0.6 is 0 Å². The maximum atomic E-state index is 12.1. The third kappa shape index (κ3) is 3.53. The molecule has 0 unspecified atom stereocenters. The van der Waals surface area contributed by atoms with Gasteiger partial charge in [0.2, 0.25) is 0 Å².